The summed E-state index contributed by atoms with van der Waals surface area (Å²) in [5.41, 5.74) is 3.47. The lowest BCUT2D eigenvalue weighted by Crippen LogP contribution is -2.38. The molecular weight excluding hydrogens is 340 g/mol. The molecule has 5 rings (SSSR count). The van der Waals surface area contributed by atoms with Crippen LogP contribution < -0.4 is 5.63 Å². The normalized spacial score (nSPS) is 17.4. The molecule has 5 heteroatoms. The summed E-state index contributed by atoms with van der Waals surface area (Å²) in [6, 6.07) is 14.9. The van der Waals surface area contributed by atoms with Gasteiger partial charge in [-0.1, -0.05) is 37.3 Å². The van der Waals surface area contributed by atoms with Gasteiger partial charge in [0.25, 0.3) is 0 Å². The number of nitrogens with one attached hydrogen (secondary N) is 1. The quantitative estimate of drug-likeness (QED) is 0.531. The molecule has 0 saturated heterocycles. The van der Waals surface area contributed by atoms with E-state index in [-0.39, 0.29) is 11.8 Å². The largest absolute Gasteiger partial charge is 0.507 e. The second-order valence-electron chi connectivity index (χ2n) is 6.99. The van der Waals surface area contributed by atoms with Crippen LogP contribution in [0.15, 0.2) is 57.7 Å². The van der Waals surface area contributed by atoms with Crippen LogP contribution in [-0.2, 0) is 6.42 Å². The van der Waals surface area contributed by atoms with E-state index in [0.29, 0.717) is 16.5 Å². The monoisotopic (exact) mass is 360 g/mol. The zero-order valence-electron chi connectivity index (χ0n) is 15.0. The number of nitrogens with zero attached hydrogens (tertiary/aromatic N) is 1. The minimum Gasteiger partial charge on any atom is -0.507 e. The molecule has 3 heterocycles. The number of aromatic hydroxyl groups is 1. The lowest BCUT2D eigenvalue weighted by molar-refractivity contribution is 0.215. The summed E-state index contributed by atoms with van der Waals surface area (Å²) in [7, 11) is 0. The number of rotatable bonds is 2. The molecule has 0 fully saturated rings. The number of para-hydroxylation sites is 2. The van der Waals surface area contributed by atoms with Gasteiger partial charge in [-0.05, 0) is 36.7 Å². The Bertz CT molecular complexity index is 1220. The van der Waals surface area contributed by atoms with Crippen molar-refractivity contribution < 1.29 is 9.52 Å². The average molecular weight is 360 g/mol. The number of hydrogen-bond donors (Lipinski definition) is 2. The highest BCUT2D eigenvalue weighted by Crippen LogP contribution is 2.41. The Morgan fingerprint density at radius 3 is 2.70 bits per heavy atom. The number of likely N-dealkylation sites (N-methyl/N-ethyl adjacent to an activating group) is 1. The maximum Gasteiger partial charge on any atom is 0.345 e. The van der Waals surface area contributed by atoms with Crippen molar-refractivity contribution in [2.24, 2.45) is 0 Å². The van der Waals surface area contributed by atoms with Crippen molar-refractivity contribution in [2.75, 3.05) is 13.1 Å². The van der Waals surface area contributed by atoms with Gasteiger partial charge in [-0.25, -0.2) is 4.79 Å². The molecule has 2 aromatic carbocycles. The molecule has 0 aliphatic carbocycles. The maximum absolute atomic E-state index is 12.9. The highest BCUT2D eigenvalue weighted by molar-refractivity contribution is 5.87. The van der Waals surface area contributed by atoms with Crippen LogP contribution in [0.2, 0.25) is 0 Å². The molecule has 0 amide bonds. The Kier molecular flexibility index (Phi) is 3.58. The van der Waals surface area contributed by atoms with Gasteiger partial charge < -0.3 is 14.5 Å². The van der Waals surface area contributed by atoms with Crippen LogP contribution in [0.1, 0.15) is 29.8 Å². The summed E-state index contributed by atoms with van der Waals surface area (Å²) in [4.78, 5) is 18.6. The van der Waals surface area contributed by atoms with Gasteiger partial charge >= 0.3 is 5.63 Å². The predicted octanol–water partition coefficient (Wildman–Crippen LogP) is 3.95. The number of fused-ring (bicyclic) bond motifs is 4. The van der Waals surface area contributed by atoms with Crippen molar-refractivity contribution in [1.82, 2.24) is 9.88 Å². The van der Waals surface area contributed by atoms with Crippen LogP contribution in [0.4, 0.5) is 0 Å². The smallest absolute Gasteiger partial charge is 0.345 e. The Hall–Kier alpha value is -3.05. The van der Waals surface area contributed by atoms with Crippen molar-refractivity contribution in [1.29, 1.82) is 0 Å². The highest BCUT2D eigenvalue weighted by Gasteiger charge is 2.35. The molecule has 1 aliphatic rings. The summed E-state index contributed by atoms with van der Waals surface area (Å²) in [5.74, 6) is 0.0109. The van der Waals surface area contributed by atoms with Crippen LogP contribution >= 0.6 is 0 Å². The fraction of sp³-hybridized carbons (Fsp3) is 0.227. The van der Waals surface area contributed by atoms with Gasteiger partial charge in [0.2, 0.25) is 0 Å². The van der Waals surface area contributed by atoms with Crippen LogP contribution in [0.3, 0.4) is 0 Å². The first kappa shape index (κ1) is 16.1. The molecule has 5 nitrogen and oxygen atoms in total. The molecule has 27 heavy (non-hydrogen) atoms. The van der Waals surface area contributed by atoms with Gasteiger partial charge in [0.1, 0.15) is 16.9 Å². The average Bonchev–Trinajstić information content (AvgIpc) is 3.07. The van der Waals surface area contributed by atoms with Gasteiger partial charge in [0.15, 0.2) is 0 Å². The molecule has 4 aromatic rings. The Labute approximate surface area is 155 Å². The van der Waals surface area contributed by atoms with E-state index in [1.54, 1.807) is 18.2 Å². The molecular formula is C22H20N2O3. The SMILES string of the molecule is CCN1CCc2c([nH]c3ccccc23)C1c1c(O)c2ccccc2oc1=O. The third-order valence-corrected chi connectivity index (χ3v) is 5.63. The van der Waals surface area contributed by atoms with Crippen molar-refractivity contribution >= 4 is 21.9 Å². The van der Waals surface area contributed by atoms with E-state index in [4.69, 9.17) is 4.42 Å². The fourth-order valence-corrected chi connectivity index (χ4v) is 4.35. The van der Waals surface area contributed by atoms with E-state index in [1.807, 2.05) is 24.3 Å². The summed E-state index contributed by atoms with van der Waals surface area (Å²) in [5, 5.41) is 12.7. The second kappa shape index (κ2) is 5.99. The zero-order chi connectivity index (χ0) is 18.5. The first-order chi connectivity index (χ1) is 13.2. The van der Waals surface area contributed by atoms with Crippen molar-refractivity contribution in [2.45, 2.75) is 19.4 Å². The lowest BCUT2D eigenvalue weighted by Gasteiger charge is -2.34. The standard InChI is InChI=1S/C22H20N2O3/c1-2-24-12-11-14-13-7-3-5-9-16(13)23-19(14)20(24)18-21(25)15-8-4-6-10-17(15)27-22(18)26/h3-10,20,23,25H,2,11-12H2,1H3. The van der Waals surface area contributed by atoms with Gasteiger partial charge in [0.05, 0.1) is 11.4 Å². The number of hydrogen-bond acceptors (Lipinski definition) is 4. The molecule has 0 spiro atoms. The summed E-state index contributed by atoms with van der Waals surface area (Å²) < 4.78 is 5.55. The van der Waals surface area contributed by atoms with Gasteiger partial charge in [-0.2, -0.15) is 0 Å². The minimum absolute atomic E-state index is 0.0109. The molecule has 2 aromatic heterocycles. The number of H-pyrrole nitrogens is 1. The molecule has 1 atom stereocenters. The summed E-state index contributed by atoms with van der Waals surface area (Å²) >= 11 is 0. The molecule has 1 unspecified atom stereocenters. The lowest BCUT2D eigenvalue weighted by atomic mass is 9.92. The summed E-state index contributed by atoms with van der Waals surface area (Å²) in [6.07, 6.45) is 0.906. The van der Waals surface area contributed by atoms with Gasteiger partial charge in [-0.15, -0.1) is 0 Å². The first-order valence-corrected chi connectivity index (χ1v) is 9.27. The molecule has 0 saturated carbocycles. The molecule has 0 bridgehead atoms. The second-order valence-corrected chi connectivity index (χ2v) is 6.99. The van der Waals surface area contributed by atoms with E-state index in [9.17, 15) is 9.90 Å². The topological polar surface area (TPSA) is 69.5 Å². The third kappa shape index (κ3) is 2.32. The van der Waals surface area contributed by atoms with Crippen LogP contribution in [0.25, 0.3) is 21.9 Å². The van der Waals surface area contributed by atoms with E-state index >= 15 is 0 Å². The van der Waals surface area contributed by atoms with Crippen LogP contribution in [0.5, 0.6) is 5.75 Å². The minimum atomic E-state index is -0.485. The van der Waals surface area contributed by atoms with Crippen molar-refractivity contribution in [3.63, 3.8) is 0 Å². The van der Waals surface area contributed by atoms with Crippen molar-refractivity contribution in [3.8, 4) is 5.75 Å². The highest BCUT2D eigenvalue weighted by atomic mass is 16.4. The van der Waals surface area contributed by atoms with Gasteiger partial charge in [-0.3, -0.25) is 4.90 Å². The Balaban J connectivity index is 1.82. The van der Waals surface area contributed by atoms with E-state index in [2.05, 4.69) is 22.9 Å². The van der Waals surface area contributed by atoms with E-state index in [1.165, 1.54) is 10.9 Å². The molecule has 0 radical (unpaired) electrons. The molecule has 136 valence electrons. The molecule has 1 aliphatic heterocycles. The Morgan fingerprint density at radius 2 is 1.89 bits per heavy atom. The van der Waals surface area contributed by atoms with E-state index < -0.39 is 5.63 Å². The molecule has 2 N–H and O–H groups in total. The van der Waals surface area contributed by atoms with Crippen LogP contribution in [0, 0.1) is 0 Å². The Morgan fingerprint density at radius 1 is 1.15 bits per heavy atom. The van der Waals surface area contributed by atoms with Crippen LogP contribution in [-0.4, -0.2) is 28.1 Å². The maximum atomic E-state index is 12.9. The summed E-state index contributed by atoms with van der Waals surface area (Å²) in [6.45, 7) is 3.66. The fourth-order valence-electron chi connectivity index (χ4n) is 4.35. The van der Waals surface area contributed by atoms with Crippen molar-refractivity contribution in [3.05, 3.63) is 75.8 Å². The zero-order valence-corrected chi connectivity index (χ0v) is 15.0. The predicted molar refractivity (Wildman–Crippen MR) is 105 cm³/mol. The van der Waals surface area contributed by atoms with E-state index in [0.717, 1.165) is 30.7 Å². The first-order valence-electron chi connectivity index (χ1n) is 9.27. The van der Waals surface area contributed by atoms with Gasteiger partial charge in [0, 0.05) is 23.1 Å². The number of aromatic amines is 1. The number of aromatic nitrogens is 1. The number of benzene rings is 2. The third-order valence-electron chi connectivity index (χ3n) is 5.63.